The third-order valence-electron chi connectivity index (χ3n) is 3.43. The van der Waals surface area contributed by atoms with Gasteiger partial charge >= 0.3 is 0 Å². The summed E-state index contributed by atoms with van der Waals surface area (Å²) in [7, 11) is 1.78. The van der Waals surface area contributed by atoms with Gasteiger partial charge in [-0.05, 0) is 18.7 Å². The van der Waals surface area contributed by atoms with Gasteiger partial charge < -0.3 is 5.32 Å². The van der Waals surface area contributed by atoms with Crippen molar-refractivity contribution in [3.05, 3.63) is 71.3 Å². The Labute approximate surface area is 112 Å². The van der Waals surface area contributed by atoms with Gasteiger partial charge in [0, 0.05) is 23.6 Å². The molecule has 0 bridgehead atoms. The molecule has 0 aliphatic carbocycles. The topological polar surface area (TPSA) is 12.0 Å². The standard InChI is InChI=1S/C16H17F2N/c1-11(12-6-4-3-5-7-12)16(19-2)14-9-8-13(17)10-15(14)18/h3-11,16,19H,1-2H3. The molecule has 0 radical (unpaired) electrons. The lowest BCUT2D eigenvalue weighted by atomic mass is 9.88. The van der Waals surface area contributed by atoms with Crippen LogP contribution in [0, 0.1) is 11.6 Å². The van der Waals surface area contributed by atoms with Gasteiger partial charge in [0.15, 0.2) is 0 Å². The van der Waals surface area contributed by atoms with Crippen LogP contribution in [0.15, 0.2) is 48.5 Å². The van der Waals surface area contributed by atoms with Crippen LogP contribution in [-0.4, -0.2) is 7.05 Å². The van der Waals surface area contributed by atoms with Gasteiger partial charge in [0.25, 0.3) is 0 Å². The van der Waals surface area contributed by atoms with Crippen molar-refractivity contribution in [3.63, 3.8) is 0 Å². The molecular weight excluding hydrogens is 244 g/mol. The third kappa shape index (κ3) is 2.99. The van der Waals surface area contributed by atoms with Crippen molar-refractivity contribution in [1.82, 2.24) is 5.32 Å². The van der Waals surface area contributed by atoms with Crippen LogP contribution < -0.4 is 5.32 Å². The molecule has 0 heterocycles. The zero-order chi connectivity index (χ0) is 13.8. The molecule has 3 heteroatoms. The van der Waals surface area contributed by atoms with Gasteiger partial charge in [0.1, 0.15) is 11.6 Å². The molecule has 100 valence electrons. The number of hydrogen-bond acceptors (Lipinski definition) is 1. The number of nitrogens with one attached hydrogen (secondary N) is 1. The molecular formula is C16H17F2N. The van der Waals surface area contributed by atoms with Gasteiger partial charge in [-0.1, -0.05) is 43.3 Å². The average molecular weight is 261 g/mol. The van der Waals surface area contributed by atoms with Crippen LogP contribution >= 0.6 is 0 Å². The first-order valence-corrected chi connectivity index (χ1v) is 6.30. The Kier molecular flexibility index (Phi) is 4.27. The van der Waals surface area contributed by atoms with E-state index >= 15 is 0 Å². The fourth-order valence-corrected chi connectivity index (χ4v) is 2.38. The Morgan fingerprint density at radius 1 is 1.00 bits per heavy atom. The Bertz CT molecular complexity index is 540. The van der Waals surface area contributed by atoms with E-state index in [2.05, 4.69) is 5.32 Å². The van der Waals surface area contributed by atoms with E-state index < -0.39 is 11.6 Å². The number of halogens is 2. The highest BCUT2D eigenvalue weighted by Gasteiger charge is 2.22. The van der Waals surface area contributed by atoms with Crippen LogP contribution in [-0.2, 0) is 0 Å². The van der Waals surface area contributed by atoms with Gasteiger partial charge in [-0.3, -0.25) is 0 Å². The van der Waals surface area contributed by atoms with E-state index in [-0.39, 0.29) is 12.0 Å². The van der Waals surface area contributed by atoms with E-state index in [1.807, 2.05) is 37.3 Å². The van der Waals surface area contributed by atoms with Crippen LogP contribution in [0.25, 0.3) is 0 Å². The summed E-state index contributed by atoms with van der Waals surface area (Å²) in [4.78, 5) is 0. The number of hydrogen-bond donors (Lipinski definition) is 1. The van der Waals surface area contributed by atoms with Gasteiger partial charge in [0.05, 0.1) is 0 Å². The van der Waals surface area contributed by atoms with E-state index in [1.54, 1.807) is 7.05 Å². The maximum absolute atomic E-state index is 13.9. The van der Waals surface area contributed by atoms with Crippen LogP contribution in [0.1, 0.15) is 30.0 Å². The van der Waals surface area contributed by atoms with Gasteiger partial charge in [0.2, 0.25) is 0 Å². The summed E-state index contributed by atoms with van der Waals surface area (Å²) < 4.78 is 26.9. The first-order valence-electron chi connectivity index (χ1n) is 6.30. The normalized spacial score (nSPS) is 14.1. The first kappa shape index (κ1) is 13.7. The Morgan fingerprint density at radius 3 is 2.26 bits per heavy atom. The molecule has 0 aromatic heterocycles. The highest BCUT2D eigenvalue weighted by molar-refractivity contribution is 5.28. The molecule has 0 aliphatic heterocycles. The minimum absolute atomic E-state index is 0.0890. The molecule has 0 saturated carbocycles. The van der Waals surface area contributed by atoms with Crippen LogP contribution in [0.2, 0.25) is 0 Å². The highest BCUT2D eigenvalue weighted by Crippen LogP contribution is 2.31. The SMILES string of the molecule is CNC(c1ccc(F)cc1F)C(C)c1ccccc1. The van der Waals surface area contributed by atoms with E-state index in [0.29, 0.717) is 5.56 Å². The number of benzene rings is 2. The Balaban J connectivity index is 2.34. The third-order valence-corrected chi connectivity index (χ3v) is 3.43. The Morgan fingerprint density at radius 2 is 1.68 bits per heavy atom. The largest absolute Gasteiger partial charge is 0.312 e. The van der Waals surface area contributed by atoms with Crippen LogP contribution in [0.5, 0.6) is 0 Å². The van der Waals surface area contributed by atoms with Gasteiger partial charge in [-0.2, -0.15) is 0 Å². The van der Waals surface area contributed by atoms with Crippen molar-refractivity contribution >= 4 is 0 Å². The lowest BCUT2D eigenvalue weighted by Gasteiger charge is -2.25. The van der Waals surface area contributed by atoms with Crippen molar-refractivity contribution in [2.24, 2.45) is 0 Å². The fraction of sp³-hybridized carbons (Fsp3) is 0.250. The van der Waals surface area contributed by atoms with Crippen LogP contribution in [0.4, 0.5) is 8.78 Å². The lowest BCUT2D eigenvalue weighted by Crippen LogP contribution is -2.23. The van der Waals surface area contributed by atoms with E-state index in [4.69, 9.17) is 0 Å². The van der Waals surface area contributed by atoms with Crippen molar-refractivity contribution in [1.29, 1.82) is 0 Å². The molecule has 2 atom stereocenters. The second kappa shape index (κ2) is 5.93. The molecule has 2 aromatic carbocycles. The monoisotopic (exact) mass is 261 g/mol. The molecule has 2 unspecified atom stereocenters. The molecule has 2 aromatic rings. The summed E-state index contributed by atoms with van der Waals surface area (Å²) in [5, 5.41) is 3.11. The molecule has 1 N–H and O–H groups in total. The fourth-order valence-electron chi connectivity index (χ4n) is 2.38. The minimum atomic E-state index is -0.552. The van der Waals surface area contributed by atoms with E-state index in [0.717, 1.165) is 11.6 Å². The first-order chi connectivity index (χ1) is 9.13. The smallest absolute Gasteiger partial charge is 0.130 e. The molecule has 1 nitrogen and oxygen atoms in total. The summed E-state index contributed by atoms with van der Waals surface area (Å²) in [5.74, 6) is -0.975. The summed E-state index contributed by atoms with van der Waals surface area (Å²) in [6.07, 6.45) is 0. The molecule has 0 spiro atoms. The zero-order valence-electron chi connectivity index (χ0n) is 11.0. The second-order valence-electron chi connectivity index (χ2n) is 4.63. The molecule has 0 fully saturated rings. The van der Waals surface area contributed by atoms with Crippen molar-refractivity contribution in [3.8, 4) is 0 Å². The maximum atomic E-state index is 13.9. The quantitative estimate of drug-likeness (QED) is 0.876. The summed E-state index contributed by atoms with van der Waals surface area (Å²) in [5.41, 5.74) is 1.60. The van der Waals surface area contributed by atoms with Crippen LogP contribution in [0.3, 0.4) is 0 Å². The lowest BCUT2D eigenvalue weighted by molar-refractivity contribution is 0.473. The average Bonchev–Trinajstić information content (AvgIpc) is 2.42. The van der Waals surface area contributed by atoms with Crippen molar-refractivity contribution in [2.75, 3.05) is 7.05 Å². The van der Waals surface area contributed by atoms with E-state index in [1.165, 1.54) is 12.1 Å². The molecule has 0 saturated heterocycles. The summed E-state index contributed by atoms with van der Waals surface area (Å²) in [6, 6.07) is 13.4. The van der Waals surface area contributed by atoms with Gasteiger partial charge in [-0.15, -0.1) is 0 Å². The molecule has 0 aliphatic rings. The highest BCUT2D eigenvalue weighted by atomic mass is 19.1. The second-order valence-corrected chi connectivity index (χ2v) is 4.63. The predicted octanol–water partition coefficient (Wildman–Crippen LogP) is 4.03. The zero-order valence-corrected chi connectivity index (χ0v) is 11.0. The Hall–Kier alpha value is -1.74. The molecule has 0 amide bonds. The predicted molar refractivity (Wildman–Crippen MR) is 73.0 cm³/mol. The summed E-state index contributed by atoms with van der Waals surface area (Å²) in [6.45, 7) is 2.03. The van der Waals surface area contributed by atoms with E-state index in [9.17, 15) is 8.78 Å². The minimum Gasteiger partial charge on any atom is -0.312 e. The summed E-state index contributed by atoms with van der Waals surface area (Å²) >= 11 is 0. The molecule has 2 rings (SSSR count). The van der Waals surface area contributed by atoms with Gasteiger partial charge in [-0.25, -0.2) is 8.78 Å². The number of rotatable bonds is 4. The van der Waals surface area contributed by atoms with Crippen molar-refractivity contribution < 1.29 is 8.78 Å². The molecule has 19 heavy (non-hydrogen) atoms. The maximum Gasteiger partial charge on any atom is 0.130 e. The number of likely N-dealkylation sites (N-methyl/N-ethyl adjacent to an activating group) is 1. The van der Waals surface area contributed by atoms with Crippen molar-refractivity contribution in [2.45, 2.75) is 18.9 Å².